The molecule has 1 atom stereocenters. The number of aryl methyl sites for hydroxylation is 1. The van der Waals surface area contributed by atoms with Gasteiger partial charge in [0.05, 0.1) is 12.6 Å². The van der Waals surface area contributed by atoms with Crippen molar-refractivity contribution in [3.05, 3.63) is 23.2 Å². The van der Waals surface area contributed by atoms with Gasteiger partial charge >= 0.3 is 5.97 Å². The van der Waals surface area contributed by atoms with E-state index in [9.17, 15) is 9.90 Å². The van der Waals surface area contributed by atoms with Gasteiger partial charge in [-0.2, -0.15) is 0 Å². The van der Waals surface area contributed by atoms with Gasteiger partial charge in [-0.05, 0) is 31.7 Å². The number of aliphatic hydroxyl groups excluding tert-OH is 1. The largest absolute Gasteiger partial charge is 0.478 e. The first-order valence-corrected chi connectivity index (χ1v) is 5.79. The highest BCUT2D eigenvalue weighted by Gasteiger charge is 2.29. The molecule has 94 valence electrons. The first kappa shape index (κ1) is 12.1. The molecule has 1 aliphatic rings. The second-order valence-electron chi connectivity index (χ2n) is 4.52. The minimum atomic E-state index is -0.976. The van der Waals surface area contributed by atoms with Crippen molar-refractivity contribution in [1.29, 1.82) is 0 Å². The van der Waals surface area contributed by atoms with Crippen molar-refractivity contribution in [2.75, 3.05) is 6.54 Å². The lowest BCUT2D eigenvalue weighted by atomic mass is 10.2. The van der Waals surface area contributed by atoms with E-state index in [-0.39, 0.29) is 11.7 Å². The van der Waals surface area contributed by atoms with Crippen molar-refractivity contribution >= 4 is 5.97 Å². The fraction of sp³-hybridized carbons (Fsp3) is 0.583. The Morgan fingerprint density at radius 2 is 2.35 bits per heavy atom. The number of nitrogens with one attached hydrogen (secondary N) is 1. The van der Waals surface area contributed by atoms with Crippen LogP contribution >= 0.6 is 0 Å². The summed E-state index contributed by atoms with van der Waals surface area (Å²) in [4.78, 5) is 10.8. The lowest BCUT2D eigenvalue weighted by Crippen LogP contribution is -2.27. The van der Waals surface area contributed by atoms with Crippen molar-refractivity contribution in [1.82, 2.24) is 5.32 Å². The number of carboxylic acid groups (broad SMARTS) is 1. The Bertz CT molecular complexity index is 409. The minimum absolute atomic E-state index is 0.199. The molecule has 0 radical (unpaired) electrons. The Balaban J connectivity index is 1.82. The Labute approximate surface area is 99.4 Å². The summed E-state index contributed by atoms with van der Waals surface area (Å²) in [5.41, 5.74) is 0.199. The molecule has 1 aliphatic carbocycles. The predicted molar refractivity (Wildman–Crippen MR) is 60.8 cm³/mol. The lowest BCUT2D eigenvalue weighted by Gasteiger charge is -2.09. The predicted octanol–water partition coefficient (Wildman–Crippen LogP) is 1.15. The van der Waals surface area contributed by atoms with Crippen LogP contribution in [0.2, 0.25) is 0 Å². The summed E-state index contributed by atoms with van der Waals surface area (Å²) in [6, 6.07) is 1.52. The van der Waals surface area contributed by atoms with E-state index in [2.05, 4.69) is 5.32 Å². The first-order valence-electron chi connectivity index (χ1n) is 5.79. The molecule has 0 aromatic carbocycles. The van der Waals surface area contributed by atoms with E-state index in [4.69, 9.17) is 9.52 Å². The lowest BCUT2D eigenvalue weighted by molar-refractivity contribution is 0.0695. The summed E-state index contributed by atoms with van der Waals surface area (Å²) in [5, 5.41) is 21.5. The Kier molecular flexibility index (Phi) is 3.49. The summed E-state index contributed by atoms with van der Waals surface area (Å²) in [6.45, 7) is 2.59. The molecule has 0 spiro atoms. The van der Waals surface area contributed by atoms with Crippen molar-refractivity contribution in [2.24, 2.45) is 5.92 Å². The third-order valence-corrected chi connectivity index (χ3v) is 3.02. The Morgan fingerprint density at radius 1 is 1.65 bits per heavy atom. The molecular weight excluding hydrogens is 222 g/mol. The number of aromatic carboxylic acids is 1. The van der Waals surface area contributed by atoms with Crippen LogP contribution in [0.15, 0.2) is 10.5 Å². The zero-order chi connectivity index (χ0) is 12.4. The van der Waals surface area contributed by atoms with Gasteiger partial charge in [0.25, 0.3) is 0 Å². The number of hydrogen-bond acceptors (Lipinski definition) is 4. The van der Waals surface area contributed by atoms with Gasteiger partial charge in [-0.25, -0.2) is 4.79 Å². The van der Waals surface area contributed by atoms with Crippen LogP contribution in [0, 0.1) is 12.8 Å². The standard InChI is InChI=1S/C12H17NO4/c1-7-10(12(15)16)4-9(17-7)5-13-6-11(14)8-2-3-8/h4,8,11,13-14H,2-3,5-6H2,1H3,(H,15,16). The Hall–Kier alpha value is -1.33. The van der Waals surface area contributed by atoms with E-state index < -0.39 is 5.97 Å². The van der Waals surface area contributed by atoms with Crippen molar-refractivity contribution in [3.63, 3.8) is 0 Å². The molecule has 1 aromatic rings. The van der Waals surface area contributed by atoms with Gasteiger partial charge in [0.1, 0.15) is 17.1 Å². The number of carboxylic acids is 1. The van der Waals surface area contributed by atoms with Crippen LogP contribution in [0.25, 0.3) is 0 Å². The highest BCUT2D eigenvalue weighted by Crippen LogP contribution is 2.32. The quantitative estimate of drug-likeness (QED) is 0.693. The number of carbonyl (C=O) groups is 1. The second kappa shape index (κ2) is 4.89. The summed E-state index contributed by atoms with van der Waals surface area (Å²) in [6.07, 6.45) is 1.91. The molecule has 3 N–H and O–H groups in total. The monoisotopic (exact) mass is 239 g/mol. The minimum Gasteiger partial charge on any atom is -0.478 e. The van der Waals surface area contributed by atoms with Gasteiger partial charge in [0.2, 0.25) is 0 Å². The molecule has 1 heterocycles. The molecule has 1 fully saturated rings. The van der Waals surface area contributed by atoms with Crippen LogP contribution in [0.3, 0.4) is 0 Å². The summed E-state index contributed by atoms with van der Waals surface area (Å²) < 4.78 is 5.31. The molecule has 1 saturated carbocycles. The van der Waals surface area contributed by atoms with Crippen molar-refractivity contribution in [3.8, 4) is 0 Å². The van der Waals surface area contributed by atoms with E-state index in [1.54, 1.807) is 6.92 Å². The molecule has 2 rings (SSSR count). The number of aliphatic hydroxyl groups is 1. The average Bonchev–Trinajstić information content (AvgIpc) is 3.03. The van der Waals surface area contributed by atoms with Crippen LogP contribution < -0.4 is 5.32 Å². The van der Waals surface area contributed by atoms with Crippen LogP contribution in [0.5, 0.6) is 0 Å². The SMILES string of the molecule is Cc1oc(CNCC(O)C2CC2)cc1C(=O)O. The molecule has 1 unspecified atom stereocenters. The molecule has 1 aromatic heterocycles. The fourth-order valence-corrected chi connectivity index (χ4v) is 1.83. The molecule has 0 amide bonds. The highest BCUT2D eigenvalue weighted by molar-refractivity contribution is 5.88. The Morgan fingerprint density at radius 3 is 2.88 bits per heavy atom. The van der Waals surface area contributed by atoms with Gasteiger partial charge in [-0.1, -0.05) is 0 Å². The maximum Gasteiger partial charge on any atom is 0.339 e. The average molecular weight is 239 g/mol. The summed E-state index contributed by atoms with van der Waals surface area (Å²) in [7, 11) is 0. The normalized spacial score (nSPS) is 17.1. The van der Waals surface area contributed by atoms with Crippen LogP contribution in [-0.4, -0.2) is 28.8 Å². The number of rotatable bonds is 6. The molecule has 0 bridgehead atoms. The molecule has 5 heteroatoms. The number of hydrogen-bond donors (Lipinski definition) is 3. The molecule has 0 aliphatic heterocycles. The van der Waals surface area contributed by atoms with E-state index >= 15 is 0 Å². The smallest absolute Gasteiger partial charge is 0.339 e. The molecule has 5 nitrogen and oxygen atoms in total. The van der Waals surface area contributed by atoms with Crippen LogP contribution in [-0.2, 0) is 6.54 Å². The highest BCUT2D eigenvalue weighted by atomic mass is 16.4. The van der Waals surface area contributed by atoms with E-state index in [0.29, 0.717) is 30.5 Å². The topological polar surface area (TPSA) is 82.7 Å². The zero-order valence-corrected chi connectivity index (χ0v) is 9.77. The van der Waals surface area contributed by atoms with Gasteiger partial charge in [-0.3, -0.25) is 0 Å². The van der Waals surface area contributed by atoms with Gasteiger partial charge in [0.15, 0.2) is 0 Å². The molecule has 17 heavy (non-hydrogen) atoms. The van der Waals surface area contributed by atoms with E-state index in [0.717, 1.165) is 12.8 Å². The van der Waals surface area contributed by atoms with Gasteiger partial charge in [-0.15, -0.1) is 0 Å². The third kappa shape index (κ3) is 3.08. The van der Waals surface area contributed by atoms with E-state index in [1.807, 2.05) is 0 Å². The fourth-order valence-electron chi connectivity index (χ4n) is 1.83. The summed E-state index contributed by atoms with van der Waals surface area (Å²) >= 11 is 0. The number of furan rings is 1. The van der Waals surface area contributed by atoms with E-state index in [1.165, 1.54) is 6.07 Å². The van der Waals surface area contributed by atoms with Crippen LogP contribution in [0.4, 0.5) is 0 Å². The maximum absolute atomic E-state index is 10.8. The van der Waals surface area contributed by atoms with Crippen molar-refractivity contribution in [2.45, 2.75) is 32.4 Å². The molecular formula is C12H17NO4. The van der Waals surface area contributed by atoms with Gasteiger partial charge < -0.3 is 19.9 Å². The zero-order valence-electron chi connectivity index (χ0n) is 9.77. The van der Waals surface area contributed by atoms with Crippen molar-refractivity contribution < 1.29 is 19.4 Å². The summed E-state index contributed by atoms with van der Waals surface area (Å²) in [5.74, 6) is 0.464. The first-order chi connectivity index (χ1) is 8.08. The van der Waals surface area contributed by atoms with Gasteiger partial charge in [0, 0.05) is 6.54 Å². The third-order valence-electron chi connectivity index (χ3n) is 3.02. The maximum atomic E-state index is 10.8. The van der Waals surface area contributed by atoms with Crippen LogP contribution in [0.1, 0.15) is 34.7 Å². The molecule has 0 saturated heterocycles. The second-order valence-corrected chi connectivity index (χ2v) is 4.52.